The van der Waals surface area contributed by atoms with Crippen molar-refractivity contribution in [3.05, 3.63) is 70.0 Å². The zero-order valence-corrected chi connectivity index (χ0v) is 12.4. The maximum atomic E-state index is 13.4. The van der Waals surface area contributed by atoms with E-state index in [2.05, 4.69) is 10.6 Å². The van der Waals surface area contributed by atoms with Gasteiger partial charge in [0.25, 0.3) is 0 Å². The fraction of sp³-hybridized carbons (Fsp3) is 0.188. The van der Waals surface area contributed by atoms with Gasteiger partial charge in [0.05, 0.1) is 0 Å². The summed E-state index contributed by atoms with van der Waals surface area (Å²) in [6, 6.07) is 11.8. The van der Waals surface area contributed by atoms with Crippen LogP contribution in [0.1, 0.15) is 16.7 Å². The summed E-state index contributed by atoms with van der Waals surface area (Å²) in [4.78, 5) is 11.7. The third kappa shape index (κ3) is 4.76. The SMILES string of the molecule is Cc1ccc(CNC(=O)NCc2ccc(Cl)cc2)cc1F. The molecule has 2 N–H and O–H groups in total. The molecule has 0 radical (unpaired) electrons. The predicted octanol–water partition coefficient (Wildman–Crippen LogP) is 3.79. The first-order chi connectivity index (χ1) is 10.0. The van der Waals surface area contributed by atoms with Gasteiger partial charge < -0.3 is 10.6 Å². The molecule has 0 fully saturated rings. The van der Waals surface area contributed by atoms with E-state index in [-0.39, 0.29) is 18.4 Å². The number of hydrogen-bond donors (Lipinski definition) is 2. The Hall–Kier alpha value is -2.07. The van der Waals surface area contributed by atoms with Gasteiger partial charge in [-0.15, -0.1) is 0 Å². The first-order valence-corrected chi connectivity index (χ1v) is 6.93. The molecule has 0 aliphatic carbocycles. The van der Waals surface area contributed by atoms with Crippen molar-refractivity contribution in [2.75, 3.05) is 0 Å². The van der Waals surface area contributed by atoms with E-state index < -0.39 is 0 Å². The number of carbonyl (C=O) groups is 1. The van der Waals surface area contributed by atoms with Crippen LogP contribution >= 0.6 is 11.6 Å². The zero-order valence-electron chi connectivity index (χ0n) is 11.6. The smallest absolute Gasteiger partial charge is 0.315 e. The molecular formula is C16H16ClFN2O. The van der Waals surface area contributed by atoms with Crippen LogP contribution in [0, 0.1) is 12.7 Å². The molecule has 21 heavy (non-hydrogen) atoms. The topological polar surface area (TPSA) is 41.1 Å². The molecule has 0 heterocycles. The molecule has 110 valence electrons. The van der Waals surface area contributed by atoms with Gasteiger partial charge in [-0.2, -0.15) is 0 Å². The minimum atomic E-state index is -0.300. The third-order valence-corrected chi connectivity index (χ3v) is 3.31. The molecule has 2 rings (SSSR count). The quantitative estimate of drug-likeness (QED) is 0.886. The van der Waals surface area contributed by atoms with Gasteiger partial charge in [0.2, 0.25) is 0 Å². The average Bonchev–Trinajstić information content (AvgIpc) is 2.48. The molecule has 3 nitrogen and oxygen atoms in total. The van der Waals surface area contributed by atoms with E-state index in [1.165, 1.54) is 6.07 Å². The van der Waals surface area contributed by atoms with Crippen LogP contribution in [-0.2, 0) is 13.1 Å². The van der Waals surface area contributed by atoms with E-state index >= 15 is 0 Å². The summed E-state index contributed by atoms with van der Waals surface area (Å²) >= 11 is 5.79. The van der Waals surface area contributed by atoms with Gasteiger partial charge in [-0.25, -0.2) is 9.18 Å². The Morgan fingerprint density at radius 3 is 2.24 bits per heavy atom. The van der Waals surface area contributed by atoms with Gasteiger partial charge >= 0.3 is 6.03 Å². The van der Waals surface area contributed by atoms with Crippen LogP contribution in [0.4, 0.5) is 9.18 Å². The molecule has 5 heteroatoms. The Bertz CT molecular complexity index is 629. The highest BCUT2D eigenvalue weighted by molar-refractivity contribution is 6.30. The third-order valence-electron chi connectivity index (χ3n) is 3.06. The first kappa shape index (κ1) is 15.3. The van der Waals surface area contributed by atoms with Crippen LogP contribution in [0.2, 0.25) is 5.02 Å². The number of amides is 2. The molecule has 0 aliphatic heterocycles. The number of carbonyl (C=O) groups excluding carboxylic acids is 1. The van der Waals surface area contributed by atoms with Crippen molar-refractivity contribution < 1.29 is 9.18 Å². The lowest BCUT2D eigenvalue weighted by molar-refractivity contribution is 0.240. The molecule has 2 aromatic carbocycles. The predicted molar refractivity (Wildman–Crippen MR) is 81.7 cm³/mol. The lowest BCUT2D eigenvalue weighted by Gasteiger charge is -2.08. The number of benzene rings is 2. The summed E-state index contributed by atoms with van der Waals surface area (Å²) in [5, 5.41) is 6.07. The molecule has 2 aromatic rings. The van der Waals surface area contributed by atoms with E-state index in [1.54, 1.807) is 31.2 Å². The van der Waals surface area contributed by atoms with Gasteiger partial charge in [0, 0.05) is 18.1 Å². The highest BCUT2D eigenvalue weighted by atomic mass is 35.5. The van der Waals surface area contributed by atoms with Crippen molar-refractivity contribution in [2.24, 2.45) is 0 Å². The number of nitrogens with one attached hydrogen (secondary N) is 2. The molecule has 0 aliphatic rings. The molecule has 2 amide bonds. The molecule has 0 saturated carbocycles. The molecular weight excluding hydrogens is 291 g/mol. The van der Waals surface area contributed by atoms with Crippen LogP contribution in [0.25, 0.3) is 0 Å². The lowest BCUT2D eigenvalue weighted by atomic mass is 10.1. The number of aryl methyl sites for hydroxylation is 1. The van der Waals surface area contributed by atoms with Crippen molar-refractivity contribution in [3.63, 3.8) is 0 Å². The van der Waals surface area contributed by atoms with Gasteiger partial charge in [0.1, 0.15) is 5.82 Å². The van der Waals surface area contributed by atoms with Crippen molar-refractivity contribution in [2.45, 2.75) is 20.0 Å². The largest absolute Gasteiger partial charge is 0.334 e. The normalized spacial score (nSPS) is 10.2. The highest BCUT2D eigenvalue weighted by Crippen LogP contribution is 2.10. The maximum absolute atomic E-state index is 13.4. The molecule has 0 unspecified atom stereocenters. The summed E-state index contributed by atoms with van der Waals surface area (Å²) in [6.45, 7) is 2.39. The van der Waals surface area contributed by atoms with Gasteiger partial charge in [-0.1, -0.05) is 35.9 Å². The van der Waals surface area contributed by atoms with E-state index in [0.717, 1.165) is 11.1 Å². The molecule has 0 atom stereocenters. The Labute approximate surface area is 128 Å². The van der Waals surface area contributed by atoms with Crippen molar-refractivity contribution in [1.29, 1.82) is 0 Å². The first-order valence-electron chi connectivity index (χ1n) is 6.56. The Morgan fingerprint density at radius 1 is 1.05 bits per heavy atom. The Balaban J connectivity index is 1.79. The van der Waals surface area contributed by atoms with Gasteiger partial charge in [-0.05, 0) is 41.8 Å². The maximum Gasteiger partial charge on any atom is 0.315 e. The number of hydrogen-bond acceptors (Lipinski definition) is 1. The van der Waals surface area contributed by atoms with Gasteiger partial charge in [-0.3, -0.25) is 0 Å². The summed E-state index contributed by atoms with van der Waals surface area (Å²) < 4.78 is 13.4. The van der Waals surface area contributed by atoms with Crippen LogP contribution in [0.5, 0.6) is 0 Å². The van der Waals surface area contributed by atoms with Crippen LogP contribution < -0.4 is 10.6 Å². The average molecular weight is 307 g/mol. The molecule has 0 aromatic heterocycles. The summed E-state index contributed by atoms with van der Waals surface area (Å²) in [7, 11) is 0. The zero-order chi connectivity index (χ0) is 15.2. The minimum absolute atomic E-state index is 0.268. The van der Waals surface area contributed by atoms with Crippen molar-refractivity contribution >= 4 is 17.6 Å². The summed E-state index contributed by atoms with van der Waals surface area (Å²) in [6.07, 6.45) is 0. The number of halogens is 2. The van der Waals surface area contributed by atoms with E-state index in [9.17, 15) is 9.18 Å². The van der Waals surface area contributed by atoms with Crippen molar-refractivity contribution in [1.82, 2.24) is 10.6 Å². The van der Waals surface area contributed by atoms with Crippen LogP contribution in [0.3, 0.4) is 0 Å². The Kier molecular flexibility index (Phi) is 5.17. The van der Waals surface area contributed by atoms with Crippen molar-refractivity contribution in [3.8, 4) is 0 Å². The Morgan fingerprint density at radius 2 is 1.62 bits per heavy atom. The molecule has 0 bridgehead atoms. The van der Waals surface area contributed by atoms with E-state index in [0.29, 0.717) is 17.1 Å². The van der Waals surface area contributed by atoms with E-state index in [4.69, 9.17) is 11.6 Å². The standard InChI is InChI=1S/C16H16ClFN2O/c1-11-2-3-13(8-15(11)18)10-20-16(21)19-9-12-4-6-14(17)7-5-12/h2-8H,9-10H2,1H3,(H2,19,20,21). The van der Waals surface area contributed by atoms with Crippen LogP contribution in [-0.4, -0.2) is 6.03 Å². The number of rotatable bonds is 4. The fourth-order valence-electron chi connectivity index (χ4n) is 1.78. The minimum Gasteiger partial charge on any atom is -0.334 e. The van der Waals surface area contributed by atoms with E-state index in [1.807, 2.05) is 12.1 Å². The highest BCUT2D eigenvalue weighted by Gasteiger charge is 2.03. The molecule has 0 spiro atoms. The monoisotopic (exact) mass is 306 g/mol. The second-order valence-corrected chi connectivity index (χ2v) is 5.18. The second-order valence-electron chi connectivity index (χ2n) is 4.75. The lowest BCUT2D eigenvalue weighted by Crippen LogP contribution is -2.34. The molecule has 0 saturated heterocycles. The second kappa shape index (κ2) is 7.09. The van der Waals surface area contributed by atoms with Crippen LogP contribution in [0.15, 0.2) is 42.5 Å². The summed E-state index contributed by atoms with van der Waals surface area (Å²) in [5.74, 6) is -0.268. The summed E-state index contributed by atoms with van der Waals surface area (Å²) in [5.41, 5.74) is 2.27. The van der Waals surface area contributed by atoms with Gasteiger partial charge in [0.15, 0.2) is 0 Å². The number of urea groups is 1. The fourth-order valence-corrected chi connectivity index (χ4v) is 1.90.